The van der Waals surface area contributed by atoms with Crippen molar-refractivity contribution in [3.8, 4) is 0 Å². The lowest BCUT2D eigenvalue weighted by molar-refractivity contribution is 0.186. The maximum absolute atomic E-state index is 5.21. The second-order valence-corrected chi connectivity index (χ2v) is 3.20. The van der Waals surface area contributed by atoms with Crippen LogP contribution in [-0.4, -0.2) is 12.1 Å². The first-order chi connectivity index (χ1) is 6.25. The largest absolute Gasteiger partial charge is 0.386 e. The number of benzene rings is 1. The minimum Gasteiger partial charge on any atom is -0.386 e. The molecular formula is C10H12N2O. The summed E-state index contributed by atoms with van der Waals surface area (Å²) in [4.78, 5) is 9.49. The van der Waals surface area contributed by atoms with Crippen LogP contribution in [0.1, 0.15) is 18.1 Å². The summed E-state index contributed by atoms with van der Waals surface area (Å²) < 4.78 is 0. The fourth-order valence-corrected chi connectivity index (χ4v) is 1.28. The molecule has 13 heavy (non-hydrogen) atoms. The number of nitrogens with zero attached hydrogens (tertiary/aromatic N) is 1. The second-order valence-electron chi connectivity index (χ2n) is 3.20. The number of aryl methyl sites for hydroxylation is 1. The van der Waals surface area contributed by atoms with Gasteiger partial charge < -0.3 is 4.84 Å². The highest BCUT2D eigenvalue weighted by Gasteiger charge is 2.15. The first kappa shape index (κ1) is 8.26. The number of hydrogen-bond donors (Lipinski definition) is 1. The van der Waals surface area contributed by atoms with Crippen LogP contribution < -0.4 is 5.48 Å². The van der Waals surface area contributed by atoms with Crippen LogP contribution in [0.4, 0.5) is 0 Å². The van der Waals surface area contributed by atoms with Crippen LogP contribution in [0.2, 0.25) is 0 Å². The Balaban J connectivity index is 2.31. The van der Waals surface area contributed by atoms with Crippen LogP contribution in [0.15, 0.2) is 29.3 Å². The molecular weight excluding hydrogens is 164 g/mol. The summed E-state index contributed by atoms with van der Waals surface area (Å²) in [5.41, 5.74) is 5.02. The zero-order chi connectivity index (χ0) is 9.26. The zero-order valence-electron chi connectivity index (χ0n) is 7.74. The molecule has 0 radical (unpaired) electrons. The minimum absolute atomic E-state index is 0.0514. The lowest BCUT2D eigenvalue weighted by Gasteiger charge is -2.00. The van der Waals surface area contributed by atoms with Gasteiger partial charge in [0.25, 0.3) is 0 Å². The number of nitrogens with one attached hydrogen (secondary N) is 1. The molecule has 1 heterocycles. The van der Waals surface area contributed by atoms with E-state index in [4.69, 9.17) is 4.84 Å². The molecule has 0 aromatic heterocycles. The Kier molecular flexibility index (Phi) is 2.02. The number of hydroxylamine groups is 1. The van der Waals surface area contributed by atoms with Crippen LogP contribution in [0.5, 0.6) is 0 Å². The van der Waals surface area contributed by atoms with Crippen molar-refractivity contribution in [2.45, 2.75) is 20.0 Å². The summed E-state index contributed by atoms with van der Waals surface area (Å²) in [5, 5.41) is 0. The molecule has 1 unspecified atom stereocenters. The average Bonchev–Trinajstić information content (AvgIpc) is 2.52. The van der Waals surface area contributed by atoms with Gasteiger partial charge in [0.15, 0.2) is 0 Å². The van der Waals surface area contributed by atoms with Gasteiger partial charge in [0.05, 0.1) is 0 Å². The Labute approximate surface area is 77.4 Å². The van der Waals surface area contributed by atoms with Gasteiger partial charge in [-0.05, 0) is 26.0 Å². The van der Waals surface area contributed by atoms with Gasteiger partial charge in [-0.2, -0.15) is 0 Å². The Bertz CT molecular complexity index is 347. The van der Waals surface area contributed by atoms with E-state index < -0.39 is 0 Å². The van der Waals surface area contributed by atoms with Gasteiger partial charge >= 0.3 is 0 Å². The molecule has 1 aromatic carbocycles. The summed E-state index contributed by atoms with van der Waals surface area (Å²) in [6.45, 7) is 4.00. The minimum atomic E-state index is 0.0514. The quantitative estimate of drug-likeness (QED) is 0.705. The molecule has 1 N–H and O–H groups in total. The van der Waals surface area contributed by atoms with Crippen LogP contribution in [0.3, 0.4) is 0 Å². The van der Waals surface area contributed by atoms with Crippen molar-refractivity contribution in [3.63, 3.8) is 0 Å². The molecule has 0 saturated heterocycles. The third kappa shape index (κ3) is 1.70. The lowest BCUT2D eigenvalue weighted by atomic mass is 10.1. The Hall–Kier alpha value is -1.35. The second kappa shape index (κ2) is 3.18. The van der Waals surface area contributed by atoms with E-state index >= 15 is 0 Å². The van der Waals surface area contributed by atoms with E-state index in [1.165, 1.54) is 5.56 Å². The van der Waals surface area contributed by atoms with Gasteiger partial charge in [-0.15, -0.1) is 5.48 Å². The summed E-state index contributed by atoms with van der Waals surface area (Å²) in [6, 6.07) is 8.10. The van der Waals surface area contributed by atoms with E-state index in [9.17, 15) is 0 Å². The van der Waals surface area contributed by atoms with Crippen molar-refractivity contribution >= 4 is 5.90 Å². The standard InChI is InChI=1S/C10H12N2O/c1-7-4-3-5-9(6-7)10-11-8(2)12-13-10/h3-6,8,12H,1-2H3. The molecule has 1 aliphatic rings. The summed E-state index contributed by atoms with van der Waals surface area (Å²) >= 11 is 0. The van der Waals surface area contributed by atoms with Crippen molar-refractivity contribution in [2.24, 2.45) is 4.99 Å². The molecule has 0 fully saturated rings. The Morgan fingerprint density at radius 1 is 1.46 bits per heavy atom. The maximum Gasteiger partial charge on any atom is 0.242 e. The normalized spacial score (nSPS) is 21.1. The van der Waals surface area contributed by atoms with Crippen molar-refractivity contribution in [3.05, 3.63) is 35.4 Å². The van der Waals surface area contributed by atoms with Crippen LogP contribution in [0.25, 0.3) is 0 Å². The Morgan fingerprint density at radius 2 is 2.31 bits per heavy atom. The molecule has 3 nitrogen and oxygen atoms in total. The van der Waals surface area contributed by atoms with Gasteiger partial charge in [0.1, 0.15) is 6.17 Å². The molecule has 0 saturated carbocycles. The van der Waals surface area contributed by atoms with E-state index in [0.29, 0.717) is 5.90 Å². The predicted octanol–water partition coefficient (Wildman–Crippen LogP) is 1.62. The van der Waals surface area contributed by atoms with E-state index in [1.807, 2.05) is 19.1 Å². The van der Waals surface area contributed by atoms with Crippen LogP contribution in [-0.2, 0) is 4.84 Å². The number of aliphatic imine (C=N–C) groups is 1. The van der Waals surface area contributed by atoms with Crippen LogP contribution in [0, 0.1) is 6.92 Å². The molecule has 0 bridgehead atoms. The predicted molar refractivity (Wildman–Crippen MR) is 51.4 cm³/mol. The Morgan fingerprint density at radius 3 is 2.92 bits per heavy atom. The van der Waals surface area contributed by atoms with E-state index in [0.717, 1.165) is 5.56 Å². The van der Waals surface area contributed by atoms with Gasteiger partial charge in [-0.25, -0.2) is 4.99 Å². The highest BCUT2D eigenvalue weighted by molar-refractivity contribution is 5.94. The molecule has 0 amide bonds. The maximum atomic E-state index is 5.21. The summed E-state index contributed by atoms with van der Waals surface area (Å²) in [6.07, 6.45) is 0.0514. The fourth-order valence-electron chi connectivity index (χ4n) is 1.28. The van der Waals surface area contributed by atoms with E-state index in [2.05, 4.69) is 29.5 Å². The van der Waals surface area contributed by atoms with Gasteiger partial charge in [0.2, 0.25) is 5.90 Å². The molecule has 3 heteroatoms. The molecule has 0 aliphatic carbocycles. The molecule has 1 aliphatic heterocycles. The number of rotatable bonds is 1. The third-order valence-electron chi connectivity index (χ3n) is 1.90. The lowest BCUT2D eigenvalue weighted by Crippen LogP contribution is -2.17. The van der Waals surface area contributed by atoms with E-state index in [-0.39, 0.29) is 6.17 Å². The van der Waals surface area contributed by atoms with Gasteiger partial charge in [-0.3, -0.25) is 0 Å². The topological polar surface area (TPSA) is 33.6 Å². The molecule has 2 rings (SSSR count). The zero-order valence-corrected chi connectivity index (χ0v) is 7.74. The number of hydrogen-bond acceptors (Lipinski definition) is 3. The monoisotopic (exact) mass is 176 g/mol. The molecule has 1 atom stereocenters. The highest BCUT2D eigenvalue weighted by atomic mass is 16.7. The van der Waals surface area contributed by atoms with Crippen molar-refractivity contribution in [1.82, 2.24) is 5.48 Å². The molecule has 68 valence electrons. The van der Waals surface area contributed by atoms with Crippen molar-refractivity contribution < 1.29 is 4.84 Å². The van der Waals surface area contributed by atoms with Crippen LogP contribution >= 0.6 is 0 Å². The SMILES string of the molecule is Cc1cccc(C2=NC(C)NO2)c1. The van der Waals surface area contributed by atoms with Gasteiger partial charge in [0, 0.05) is 5.56 Å². The first-order valence-corrected chi connectivity index (χ1v) is 4.33. The summed E-state index contributed by atoms with van der Waals surface area (Å²) in [5.74, 6) is 0.677. The highest BCUT2D eigenvalue weighted by Crippen LogP contribution is 2.10. The van der Waals surface area contributed by atoms with Crippen molar-refractivity contribution in [1.29, 1.82) is 0 Å². The molecule has 1 aromatic rings. The average molecular weight is 176 g/mol. The first-order valence-electron chi connectivity index (χ1n) is 4.33. The summed E-state index contributed by atoms with van der Waals surface area (Å²) in [7, 11) is 0. The van der Waals surface area contributed by atoms with E-state index in [1.54, 1.807) is 0 Å². The van der Waals surface area contributed by atoms with Crippen molar-refractivity contribution in [2.75, 3.05) is 0 Å². The fraction of sp³-hybridized carbons (Fsp3) is 0.300. The third-order valence-corrected chi connectivity index (χ3v) is 1.90. The smallest absolute Gasteiger partial charge is 0.242 e. The van der Waals surface area contributed by atoms with Gasteiger partial charge in [-0.1, -0.05) is 17.7 Å². The molecule has 0 spiro atoms.